The van der Waals surface area contributed by atoms with Gasteiger partial charge < -0.3 is 10.1 Å². The summed E-state index contributed by atoms with van der Waals surface area (Å²) in [6.45, 7) is 14.3. The largest absolute Gasteiger partial charge is 0.446 e. The lowest BCUT2D eigenvalue weighted by atomic mass is 9.47. The van der Waals surface area contributed by atoms with Crippen LogP contribution >= 0.6 is 0 Å². The highest BCUT2D eigenvalue weighted by molar-refractivity contribution is 7.91. The summed E-state index contributed by atoms with van der Waals surface area (Å²) in [5.74, 6) is 4.37. The number of ether oxygens (including phenoxy) is 1. The van der Waals surface area contributed by atoms with Crippen molar-refractivity contribution in [3.05, 3.63) is 41.5 Å². The molecule has 3 fully saturated rings. The Bertz CT molecular complexity index is 1250. The van der Waals surface area contributed by atoms with Gasteiger partial charge in [-0.25, -0.2) is 13.2 Å². The molecular formula is C36H55NO4S. The van der Waals surface area contributed by atoms with Crippen molar-refractivity contribution in [2.45, 2.75) is 123 Å². The number of aryl methyl sites for hydroxylation is 1. The number of allylic oxidation sites excluding steroid dienone is 1. The molecule has 1 aromatic rings. The SMILES string of the molecule is Cc1ccc(S(=O)(=O)CNC(=O)OC2CC[C@@]3(C)C(=CC[C@H]4[C@@H]5CC[C@H]([C@H](C)CCCC(C)C)[C@@]5(C)CC[C@@H]43)C2)cc1. The first-order valence-electron chi connectivity index (χ1n) is 16.8. The van der Waals surface area contributed by atoms with Gasteiger partial charge in [0.1, 0.15) is 12.0 Å². The highest BCUT2D eigenvalue weighted by Gasteiger charge is 2.59. The van der Waals surface area contributed by atoms with Crippen LogP contribution < -0.4 is 5.32 Å². The molecule has 0 radical (unpaired) electrons. The third kappa shape index (κ3) is 6.21. The summed E-state index contributed by atoms with van der Waals surface area (Å²) in [7, 11) is -3.61. The van der Waals surface area contributed by atoms with Crippen LogP contribution in [0.3, 0.4) is 0 Å². The van der Waals surface area contributed by atoms with Gasteiger partial charge in [-0.15, -0.1) is 0 Å². The molecule has 0 aromatic heterocycles. The normalized spacial score (nSPS) is 35.0. The number of benzene rings is 1. The minimum atomic E-state index is -3.61. The molecule has 1 amide bonds. The van der Waals surface area contributed by atoms with E-state index in [4.69, 9.17) is 4.74 Å². The standard InChI is InChI=1S/C36H55NO4S/c1-24(2)8-7-9-26(4)31-16-17-32-30-15-12-27-22-28(18-20-35(27,5)33(30)19-21-36(31,32)6)41-34(38)37-23-42(39,40)29-13-10-25(3)11-14-29/h10-14,24,26,28,30-33H,7-9,15-23H2,1-6H3,(H,37,38)/t26-,28?,30+,31-,32+,33+,35+,36-/m1/s1. The number of amides is 1. The topological polar surface area (TPSA) is 72.5 Å². The maximum atomic E-state index is 12.7. The van der Waals surface area contributed by atoms with Crippen LogP contribution in [0.15, 0.2) is 40.8 Å². The molecule has 5 nitrogen and oxygen atoms in total. The van der Waals surface area contributed by atoms with Gasteiger partial charge in [-0.1, -0.05) is 83.2 Å². The van der Waals surface area contributed by atoms with E-state index in [1.165, 1.54) is 50.5 Å². The maximum absolute atomic E-state index is 12.7. The van der Waals surface area contributed by atoms with Gasteiger partial charge in [-0.05, 0) is 110 Å². The third-order valence-corrected chi connectivity index (χ3v) is 13.8. The molecule has 1 unspecified atom stereocenters. The van der Waals surface area contributed by atoms with Crippen molar-refractivity contribution in [1.82, 2.24) is 5.32 Å². The maximum Gasteiger partial charge on any atom is 0.408 e. The predicted molar refractivity (Wildman–Crippen MR) is 170 cm³/mol. The van der Waals surface area contributed by atoms with Crippen molar-refractivity contribution in [3.8, 4) is 0 Å². The summed E-state index contributed by atoms with van der Waals surface area (Å²) < 4.78 is 31.1. The Kier molecular flexibility index (Phi) is 9.24. The van der Waals surface area contributed by atoms with Crippen LogP contribution in [-0.4, -0.2) is 26.5 Å². The Morgan fingerprint density at radius 1 is 1.00 bits per heavy atom. The highest BCUT2D eigenvalue weighted by atomic mass is 32.2. The second-order valence-electron chi connectivity index (χ2n) is 15.3. The van der Waals surface area contributed by atoms with E-state index >= 15 is 0 Å². The number of carbonyl (C=O) groups excluding carboxylic acids is 1. The zero-order valence-electron chi connectivity index (χ0n) is 27.0. The first kappa shape index (κ1) is 31.6. The minimum absolute atomic E-state index is 0.191. The van der Waals surface area contributed by atoms with E-state index in [9.17, 15) is 13.2 Å². The Labute approximate surface area is 255 Å². The van der Waals surface area contributed by atoms with E-state index in [0.29, 0.717) is 5.41 Å². The first-order valence-corrected chi connectivity index (χ1v) is 18.4. The molecule has 4 aliphatic rings. The van der Waals surface area contributed by atoms with Gasteiger partial charge in [0.05, 0.1) is 4.90 Å². The molecule has 0 bridgehead atoms. The smallest absolute Gasteiger partial charge is 0.408 e. The highest BCUT2D eigenvalue weighted by Crippen LogP contribution is 2.67. The molecule has 1 N–H and O–H groups in total. The van der Waals surface area contributed by atoms with Gasteiger partial charge in [0.15, 0.2) is 9.84 Å². The van der Waals surface area contributed by atoms with E-state index in [1.54, 1.807) is 24.3 Å². The van der Waals surface area contributed by atoms with Crippen molar-refractivity contribution in [2.75, 3.05) is 5.88 Å². The van der Waals surface area contributed by atoms with Crippen LogP contribution in [0.5, 0.6) is 0 Å². The number of nitrogens with one attached hydrogen (secondary N) is 1. The lowest BCUT2D eigenvalue weighted by Crippen LogP contribution is -2.51. The molecule has 8 atom stereocenters. The quantitative estimate of drug-likeness (QED) is 0.289. The Morgan fingerprint density at radius 3 is 2.45 bits per heavy atom. The van der Waals surface area contributed by atoms with Gasteiger partial charge in [-0.2, -0.15) is 0 Å². The summed E-state index contributed by atoms with van der Waals surface area (Å²) in [4.78, 5) is 12.8. The van der Waals surface area contributed by atoms with Crippen molar-refractivity contribution < 1.29 is 17.9 Å². The van der Waals surface area contributed by atoms with Gasteiger partial charge in [0, 0.05) is 6.42 Å². The molecule has 234 valence electrons. The summed E-state index contributed by atoms with van der Waals surface area (Å²) in [5.41, 5.74) is 3.14. The summed E-state index contributed by atoms with van der Waals surface area (Å²) in [5, 5.41) is 2.50. The van der Waals surface area contributed by atoms with E-state index < -0.39 is 21.8 Å². The molecule has 0 heterocycles. The minimum Gasteiger partial charge on any atom is -0.446 e. The fourth-order valence-corrected chi connectivity index (χ4v) is 11.0. The third-order valence-electron chi connectivity index (χ3n) is 12.3. The summed E-state index contributed by atoms with van der Waals surface area (Å²) >= 11 is 0. The molecule has 4 aliphatic carbocycles. The molecule has 1 aromatic carbocycles. The van der Waals surface area contributed by atoms with Crippen molar-refractivity contribution in [1.29, 1.82) is 0 Å². The Balaban J connectivity index is 1.18. The van der Waals surface area contributed by atoms with Crippen LogP contribution in [0.2, 0.25) is 0 Å². The van der Waals surface area contributed by atoms with Gasteiger partial charge in [0.25, 0.3) is 0 Å². The Morgan fingerprint density at radius 2 is 1.74 bits per heavy atom. The number of alkyl carbamates (subject to hydrolysis) is 1. The van der Waals surface area contributed by atoms with Gasteiger partial charge in [-0.3, -0.25) is 0 Å². The number of rotatable bonds is 9. The molecule has 3 saturated carbocycles. The molecule has 42 heavy (non-hydrogen) atoms. The number of sulfone groups is 1. The van der Waals surface area contributed by atoms with Crippen LogP contribution in [0, 0.1) is 53.3 Å². The van der Waals surface area contributed by atoms with Crippen LogP contribution in [0.4, 0.5) is 4.79 Å². The van der Waals surface area contributed by atoms with Crippen LogP contribution in [0.25, 0.3) is 0 Å². The zero-order chi connectivity index (χ0) is 30.3. The first-order chi connectivity index (χ1) is 19.8. The lowest BCUT2D eigenvalue weighted by Gasteiger charge is -2.58. The second kappa shape index (κ2) is 12.3. The average molecular weight is 598 g/mol. The Hall–Kier alpha value is -1.82. The lowest BCUT2D eigenvalue weighted by molar-refractivity contribution is -0.0581. The van der Waals surface area contributed by atoms with Crippen molar-refractivity contribution in [2.24, 2.45) is 46.3 Å². The predicted octanol–water partition coefficient (Wildman–Crippen LogP) is 8.86. The molecular weight excluding hydrogens is 542 g/mol. The zero-order valence-corrected chi connectivity index (χ0v) is 27.8. The van der Waals surface area contributed by atoms with Crippen molar-refractivity contribution >= 4 is 15.9 Å². The second-order valence-corrected chi connectivity index (χ2v) is 17.3. The molecule has 6 heteroatoms. The van der Waals surface area contributed by atoms with E-state index in [2.05, 4.69) is 46.0 Å². The fraction of sp³-hybridized carbons (Fsp3) is 0.750. The number of carbonyl (C=O) groups is 1. The van der Waals surface area contributed by atoms with Gasteiger partial charge in [0.2, 0.25) is 0 Å². The summed E-state index contributed by atoms with van der Waals surface area (Å²) in [6.07, 6.45) is 15.1. The average Bonchev–Trinajstić information content (AvgIpc) is 3.29. The number of hydrogen-bond donors (Lipinski definition) is 1. The van der Waals surface area contributed by atoms with Crippen LogP contribution in [0.1, 0.15) is 111 Å². The summed E-state index contributed by atoms with van der Waals surface area (Å²) in [6, 6.07) is 6.69. The monoisotopic (exact) mass is 597 g/mol. The number of hydrogen-bond acceptors (Lipinski definition) is 4. The van der Waals surface area contributed by atoms with Gasteiger partial charge >= 0.3 is 6.09 Å². The molecule has 5 rings (SSSR count). The van der Waals surface area contributed by atoms with E-state index in [-0.39, 0.29) is 16.4 Å². The number of fused-ring (bicyclic) bond motifs is 5. The molecule has 0 aliphatic heterocycles. The van der Waals surface area contributed by atoms with Crippen molar-refractivity contribution in [3.63, 3.8) is 0 Å². The van der Waals surface area contributed by atoms with E-state index in [0.717, 1.165) is 66.8 Å². The molecule has 0 spiro atoms. The van der Waals surface area contributed by atoms with E-state index in [1.807, 2.05) is 6.92 Å². The van der Waals surface area contributed by atoms with Crippen LogP contribution in [-0.2, 0) is 14.6 Å². The fourth-order valence-electron chi connectivity index (χ4n) is 9.93. The molecule has 0 saturated heterocycles.